The quantitative estimate of drug-likeness (QED) is 0.706. The van der Waals surface area contributed by atoms with Crippen LogP contribution in [-0.4, -0.2) is 77.5 Å². The van der Waals surface area contributed by atoms with Gasteiger partial charge in [0.1, 0.15) is 18.0 Å². The fraction of sp³-hybridized carbons (Fsp3) is 0.783. The van der Waals surface area contributed by atoms with E-state index < -0.39 is 0 Å². The molecule has 7 heteroatoms. The second-order valence-corrected chi connectivity index (χ2v) is 9.75. The Hall–Kier alpha value is -1.89. The van der Waals surface area contributed by atoms with E-state index in [1.165, 1.54) is 25.7 Å². The van der Waals surface area contributed by atoms with E-state index in [1.807, 2.05) is 0 Å². The minimum atomic E-state index is 0.342. The average molecular weight is 415 g/mol. The van der Waals surface area contributed by atoms with E-state index in [9.17, 15) is 4.79 Å². The van der Waals surface area contributed by atoms with Crippen LogP contribution >= 0.6 is 0 Å². The van der Waals surface area contributed by atoms with Gasteiger partial charge in [0.25, 0.3) is 0 Å². The molecule has 1 amide bonds. The maximum Gasteiger partial charge on any atom is 0.222 e. The van der Waals surface area contributed by atoms with Crippen molar-refractivity contribution in [2.24, 2.45) is 11.8 Å². The lowest BCUT2D eigenvalue weighted by Gasteiger charge is -2.36. The van der Waals surface area contributed by atoms with E-state index in [2.05, 4.69) is 49.9 Å². The summed E-state index contributed by atoms with van der Waals surface area (Å²) in [6.45, 7) is 11.5. The van der Waals surface area contributed by atoms with Crippen molar-refractivity contribution in [2.75, 3.05) is 56.0 Å². The van der Waals surface area contributed by atoms with Crippen molar-refractivity contribution in [3.63, 3.8) is 0 Å². The topological polar surface area (TPSA) is 64.6 Å². The molecule has 3 aliphatic rings. The number of rotatable bonds is 8. The fourth-order valence-corrected chi connectivity index (χ4v) is 4.73. The molecule has 1 aliphatic carbocycles. The minimum absolute atomic E-state index is 0.342. The molecule has 0 bridgehead atoms. The summed E-state index contributed by atoms with van der Waals surface area (Å²) in [6.07, 6.45) is 8.21. The lowest BCUT2D eigenvalue weighted by Crippen LogP contribution is -2.49. The number of anilines is 2. The molecule has 0 spiro atoms. The van der Waals surface area contributed by atoms with Crippen molar-refractivity contribution < 1.29 is 4.79 Å². The molecule has 3 heterocycles. The molecule has 1 aromatic heterocycles. The second kappa shape index (κ2) is 9.94. The number of piperazine rings is 1. The predicted molar refractivity (Wildman–Crippen MR) is 121 cm³/mol. The van der Waals surface area contributed by atoms with E-state index >= 15 is 0 Å². The van der Waals surface area contributed by atoms with Gasteiger partial charge in [-0.2, -0.15) is 0 Å². The minimum Gasteiger partial charge on any atom is -0.367 e. The van der Waals surface area contributed by atoms with Crippen LogP contribution in [0, 0.1) is 11.8 Å². The van der Waals surface area contributed by atoms with Crippen LogP contribution in [0.4, 0.5) is 11.6 Å². The summed E-state index contributed by atoms with van der Waals surface area (Å²) in [5.74, 6) is 3.56. The number of hydrogen-bond acceptors (Lipinski definition) is 6. The zero-order valence-electron chi connectivity index (χ0n) is 18.7. The SMILES string of the molecule is CC(C)CN1CCN(C(=O)CC[C@H]2CCCN(c3cc(NC4CC4)ncn3)C2)CC1. The van der Waals surface area contributed by atoms with Gasteiger partial charge in [-0.05, 0) is 43.9 Å². The summed E-state index contributed by atoms with van der Waals surface area (Å²) in [5, 5.41) is 3.46. The number of nitrogens with one attached hydrogen (secondary N) is 1. The largest absolute Gasteiger partial charge is 0.367 e. The van der Waals surface area contributed by atoms with Gasteiger partial charge in [-0.3, -0.25) is 9.69 Å². The van der Waals surface area contributed by atoms with Gasteiger partial charge < -0.3 is 15.1 Å². The standard InChI is InChI=1S/C23H38N6O/c1-18(2)15-27-10-12-28(13-11-27)23(30)8-5-19-4-3-9-29(16-19)22-14-21(24-17-25-22)26-20-6-7-20/h14,17-20H,3-13,15-16H2,1-2H3,(H,24,25,26)/t19-/m1/s1. The third-order valence-electron chi connectivity index (χ3n) is 6.54. The second-order valence-electron chi connectivity index (χ2n) is 9.75. The molecule has 3 fully saturated rings. The Morgan fingerprint density at radius 2 is 1.93 bits per heavy atom. The van der Waals surface area contributed by atoms with Gasteiger partial charge in [-0.15, -0.1) is 0 Å². The summed E-state index contributed by atoms with van der Waals surface area (Å²) in [6, 6.07) is 2.68. The number of carbonyl (C=O) groups excluding carboxylic acids is 1. The molecule has 1 saturated carbocycles. The monoisotopic (exact) mass is 414 g/mol. The predicted octanol–water partition coefficient (Wildman–Crippen LogP) is 2.85. The van der Waals surface area contributed by atoms with Crippen molar-refractivity contribution in [3.8, 4) is 0 Å². The number of nitrogens with zero attached hydrogens (tertiary/aromatic N) is 5. The zero-order chi connectivity index (χ0) is 20.9. The van der Waals surface area contributed by atoms with Crippen LogP contribution in [0.3, 0.4) is 0 Å². The third kappa shape index (κ3) is 6.06. The first-order chi connectivity index (χ1) is 14.6. The highest BCUT2D eigenvalue weighted by atomic mass is 16.2. The van der Waals surface area contributed by atoms with Crippen molar-refractivity contribution in [1.29, 1.82) is 0 Å². The summed E-state index contributed by atoms with van der Waals surface area (Å²) in [7, 11) is 0. The molecule has 7 nitrogen and oxygen atoms in total. The van der Waals surface area contributed by atoms with Crippen LogP contribution in [0.1, 0.15) is 52.4 Å². The molecule has 1 aromatic rings. The molecular weight excluding hydrogens is 376 g/mol. The van der Waals surface area contributed by atoms with Crippen molar-refractivity contribution in [1.82, 2.24) is 19.8 Å². The first kappa shape index (κ1) is 21.3. The Kier molecular flexibility index (Phi) is 7.08. The summed E-state index contributed by atoms with van der Waals surface area (Å²) in [4.78, 5) is 28.6. The third-order valence-corrected chi connectivity index (χ3v) is 6.54. The van der Waals surface area contributed by atoms with Crippen molar-refractivity contribution >= 4 is 17.5 Å². The van der Waals surface area contributed by atoms with Crippen molar-refractivity contribution in [3.05, 3.63) is 12.4 Å². The highest BCUT2D eigenvalue weighted by molar-refractivity contribution is 5.76. The van der Waals surface area contributed by atoms with E-state index in [0.29, 0.717) is 30.2 Å². The molecule has 1 N–H and O–H groups in total. The Labute approximate surface area is 181 Å². The van der Waals surface area contributed by atoms with Gasteiger partial charge in [-0.1, -0.05) is 13.8 Å². The van der Waals surface area contributed by atoms with Gasteiger partial charge >= 0.3 is 0 Å². The van der Waals surface area contributed by atoms with Crippen molar-refractivity contribution in [2.45, 2.75) is 58.4 Å². The average Bonchev–Trinajstić information content (AvgIpc) is 3.56. The highest BCUT2D eigenvalue weighted by Crippen LogP contribution is 2.28. The normalized spacial score (nSPS) is 23.1. The van der Waals surface area contributed by atoms with Crippen LogP contribution in [0.25, 0.3) is 0 Å². The van der Waals surface area contributed by atoms with E-state index in [4.69, 9.17) is 0 Å². The highest BCUT2D eigenvalue weighted by Gasteiger charge is 2.26. The summed E-state index contributed by atoms with van der Waals surface area (Å²) < 4.78 is 0. The molecular formula is C23H38N6O. The van der Waals surface area contributed by atoms with Gasteiger partial charge in [0.2, 0.25) is 5.91 Å². The Morgan fingerprint density at radius 1 is 1.13 bits per heavy atom. The first-order valence-electron chi connectivity index (χ1n) is 11.9. The molecule has 1 atom stereocenters. The molecule has 0 unspecified atom stereocenters. The molecule has 30 heavy (non-hydrogen) atoms. The van der Waals surface area contributed by atoms with Gasteiger partial charge in [-0.25, -0.2) is 9.97 Å². The Bertz CT molecular complexity index is 699. The van der Waals surface area contributed by atoms with Crippen LogP contribution in [0.15, 0.2) is 12.4 Å². The van der Waals surface area contributed by atoms with Gasteiger partial charge in [0.15, 0.2) is 0 Å². The first-order valence-corrected chi connectivity index (χ1v) is 11.9. The molecule has 2 saturated heterocycles. The maximum absolute atomic E-state index is 12.7. The summed E-state index contributed by atoms with van der Waals surface area (Å²) >= 11 is 0. The fourth-order valence-electron chi connectivity index (χ4n) is 4.73. The molecule has 2 aliphatic heterocycles. The number of aromatic nitrogens is 2. The maximum atomic E-state index is 12.7. The van der Waals surface area contributed by atoms with Crippen LogP contribution in [0.5, 0.6) is 0 Å². The molecule has 4 rings (SSSR count). The van der Waals surface area contributed by atoms with Crippen LogP contribution in [0.2, 0.25) is 0 Å². The summed E-state index contributed by atoms with van der Waals surface area (Å²) in [5.41, 5.74) is 0. The lowest BCUT2D eigenvalue weighted by atomic mass is 9.93. The van der Waals surface area contributed by atoms with E-state index in [-0.39, 0.29) is 0 Å². The molecule has 0 aromatic carbocycles. The Balaban J connectivity index is 1.22. The molecule has 166 valence electrons. The zero-order valence-corrected chi connectivity index (χ0v) is 18.7. The number of piperidine rings is 1. The van der Waals surface area contributed by atoms with E-state index in [0.717, 1.165) is 63.9 Å². The van der Waals surface area contributed by atoms with Gasteiger partial charge in [0.05, 0.1) is 0 Å². The number of hydrogen-bond donors (Lipinski definition) is 1. The Morgan fingerprint density at radius 3 is 2.67 bits per heavy atom. The lowest BCUT2D eigenvalue weighted by molar-refractivity contribution is -0.133. The van der Waals surface area contributed by atoms with Gasteiger partial charge in [0, 0.05) is 64.3 Å². The van der Waals surface area contributed by atoms with Crippen LogP contribution < -0.4 is 10.2 Å². The smallest absolute Gasteiger partial charge is 0.222 e. The van der Waals surface area contributed by atoms with Crippen LogP contribution in [-0.2, 0) is 4.79 Å². The molecule has 0 radical (unpaired) electrons. The number of carbonyl (C=O) groups is 1. The number of amides is 1. The van der Waals surface area contributed by atoms with E-state index in [1.54, 1.807) is 6.33 Å².